The third kappa shape index (κ3) is 4.74. The van der Waals surface area contributed by atoms with Crippen molar-refractivity contribution in [2.24, 2.45) is 0 Å². The molecule has 0 bridgehead atoms. The molecule has 2 aliphatic rings. The predicted molar refractivity (Wildman–Crippen MR) is 139 cm³/mol. The molecule has 1 amide bonds. The fraction of sp³-hybridized carbons (Fsp3) is 0.346. The van der Waals surface area contributed by atoms with Gasteiger partial charge in [-0.1, -0.05) is 6.07 Å². The van der Waals surface area contributed by atoms with E-state index in [-0.39, 0.29) is 24.1 Å². The minimum atomic E-state index is -0.170. The lowest BCUT2D eigenvalue weighted by atomic mass is 10.0. The highest BCUT2D eigenvalue weighted by atomic mass is 32.1. The molecule has 2 aromatic heterocycles. The van der Waals surface area contributed by atoms with Crippen molar-refractivity contribution < 1.29 is 14.3 Å². The molecular weight excluding hydrogens is 462 g/mol. The van der Waals surface area contributed by atoms with E-state index < -0.39 is 0 Å². The first-order valence-corrected chi connectivity index (χ1v) is 12.2. The Balaban J connectivity index is 1.58. The molecule has 2 fully saturated rings. The second-order valence-corrected chi connectivity index (χ2v) is 9.17. The number of pyridine rings is 1. The van der Waals surface area contributed by atoms with E-state index in [1.54, 1.807) is 13.3 Å². The van der Waals surface area contributed by atoms with Gasteiger partial charge < -0.3 is 29.6 Å². The van der Waals surface area contributed by atoms with Crippen molar-refractivity contribution in [1.29, 1.82) is 0 Å². The van der Waals surface area contributed by atoms with Gasteiger partial charge in [0.15, 0.2) is 5.11 Å². The highest BCUT2D eigenvalue weighted by molar-refractivity contribution is 7.80. The maximum absolute atomic E-state index is 11.8. The maximum Gasteiger partial charge on any atom is 0.221 e. The smallest absolute Gasteiger partial charge is 0.221 e. The molecule has 4 heterocycles. The molecule has 2 saturated heterocycles. The Morgan fingerprint density at radius 3 is 2.89 bits per heavy atom. The minimum absolute atomic E-state index is 0.159. The first-order valence-electron chi connectivity index (χ1n) is 11.8. The number of anilines is 2. The summed E-state index contributed by atoms with van der Waals surface area (Å²) in [5.74, 6) is 0.414. The molecule has 3 aromatic rings. The molecule has 0 radical (unpaired) electrons. The zero-order valence-electron chi connectivity index (χ0n) is 19.8. The number of carbonyl (C=O) groups excluding carboxylic acids is 1. The lowest BCUT2D eigenvalue weighted by Gasteiger charge is -2.30. The summed E-state index contributed by atoms with van der Waals surface area (Å²) >= 11 is 5.86. The van der Waals surface area contributed by atoms with Crippen molar-refractivity contribution >= 4 is 34.6 Å². The molecule has 0 saturated carbocycles. The molecular formula is C26H29N5O3S. The second-order valence-electron chi connectivity index (χ2n) is 8.78. The normalized spacial score (nSPS) is 21.7. The lowest BCUT2D eigenvalue weighted by Crippen LogP contribution is -2.31. The average Bonchev–Trinajstić information content (AvgIpc) is 3.60. The van der Waals surface area contributed by atoms with Crippen LogP contribution in [-0.4, -0.2) is 40.4 Å². The summed E-state index contributed by atoms with van der Waals surface area (Å²) in [6.45, 7) is 3.08. The first kappa shape index (κ1) is 23.3. The van der Waals surface area contributed by atoms with Crippen LogP contribution < -0.4 is 20.3 Å². The van der Waals surface area contributed by atoms with Crippen LogP contribution in [0.2, 0.25) is 0 Å². The topological polar surface area (TPSA) is 80.7 Å². The van der Waals surface area contributed by atoms with Crippen LogP contribution in [-0.2, 0) is 16.1 Å². The number of aromatic nitrogens is 2. The Hall–Kier alpha value is -3.43. The van der Waals surface area contributed by atoms with E-state index >= 15 is 0 Å². The van der Waals surface area contributed by atoms with Crippen molar-refractivity contribution in [2.45, 2.75) is 44.5 Å². The van der Waals surface area contributed by atoms with Crippen molar-refractivity contribution in [1.82, 2.24) is 14.9 Å². The van der Waals surface area contributed by atoms with Crippen LogP contribution in [0.1, 0.15) is 43.2 Å². The van der Waals surface area contributed by atoms with Gasteiger partial charge in [-0.15, -0.1) is 0 Å². The fourth-order valence-corrected chi connectivity index (χ4v) is 5.28. The summed E-state index contributed by atoms with van der Waals surface area (Å²) < 4.78 is 13.6. The van der Waals surface area contributed by atoms with Gasteiger partial charge in [-0.2, -0.15) is 0 Å². The van der Waals surface area contributed by atoms with E-state index in [2.05, 4.69) is 43.4 Å². The van der Waals surface area contributed by atoms with Crippen LogP contribution in [0.25, 0.3) is 0 Å². The molecule has 9 heteroatoms. The van der Waals surface area contributed by atoms with Crippen LogP contribution in [0.4, 0.5) is 11.4 Å². The number of carbonyl (C=O) groups is 1. The van der Waals surface area contributed by atoms with E-state index in [0.29, 0.717) is 16.5 Å². The first-order chi connectivity index (χ1) is 17.0. The molecule has 3 unspecified atom stereocenters. The SMILES string of the molecule is COc1ccc(N2C(=S)NC(c3ccccn3)C2c2cccn2CC2CCCO2)cc1NC(C)=O. The predicted octanol–water partition coefficient (Wildman–Crippen LogP) is 4.21. The molecule has 1 aromatic carbocycles. The minimum Gasteiger partial charge on any atom is -0.495 e. The van der Waals surface area contributed by atoms with Gasteiger partial charge in [-0.3, -0.25) is 9.78 Å². The summed E-state index contributed by atoms with van der Waals surface area (Å²) in [6.07, 6.45) is 6.26. The molecule has 0 spiro atoms. The molecule has 8 nitrogen and oxygen atoms in total. The summed E-state index contributed by atoms with van der Waals surface area (Å²) in [7, 11) is 1.58. The average molecular weight is 492 g/mol. The van der Waals surface area contributed by atoms with Crippen molar-refractivity contribution in [3.63, 3.8) is 0 Å². The summed E-state index contributed by atoms with van der Waals surface area (Å²) in [4.78, 5) is 18.6. The van der Waals surface area contributed by atoms with E-state index in [9.17, 15) is 4.79 Å². The summed E-state index contributed by atoms with van der Waals surface area (Å²) in [6, 6.07) is 15.5. The van der Waals surface area contributed by atoms with Crippen LogP contribution in [0, 0.1) is 0 Å². The number of methoxy groups -OCH3 is 1. The van der Waals surface area contributed by atoms with E-state index in [0.717, 1.165) is 43.1 Å². The van der Waals surface area contributed by atoms with Gasteiger partial charge in [0.1, 0.15) is 11.8 Å². The maximum atomic E-state index is 11.8. The fourth-order valence-electron chi connectivity index (χ4n) is 4.94. The number of hydrogen-bond donors (Lipinski definition) is 2. The van der Waals surface area contributed by atoms with E-state index in [1.165, 1.54) is 6.92 Å². The molecule has 3 atom stereocenters. The van der Waals surface area contributed by atoms with Gasteiger partial charge in [0.25, 0.3) is 0 Å². The summed E-state index contributed by atoms with van der Waals surface area (Å²) in [5.41, 5.74) is 3.46. The molecule has 5 rings (SSSR count). The van der Waals surface area contributed by atoms with Crippen LogP contribution in [0.5, 0.6) is 5.75 Å². The number of nitrogens with zero attached hydrogens (tertiary/aromatic N) is 3. The quantitative estimate of drug-likeness (QED) is 0.480. The van der Waals surface area contributed by atoms with Crippen LogP contribution in [0.15, 0.2) is 60.9 Å². The Morgan fingerprint density at radius 1 is 1.29 bits per heavy atom. The third-order valence-corrected chi connectivity index (χ3v) is 6.78. The molecule has 182 valence electrons. The van der Waals surface area contributed by atoms with Gasteiger partial charge in [-0.25, -0.2) is 0 Å². The second kappa shape index (κ2) is 10.1. The Labute approximate surface area is 210 Å². The largest absolute Gasteiger partial charge is 0.495 e. The summed E-state index contributed by atoms with van der Waals surface area (Å²) in [5, 5.41) is 6.96. The molecule has 35 heavy (non-hydrogen) atoms. The number of amides is 1. The monoisotopic (exact) mass is 491 g/mol. The molecule has 2 aliphatic heterocycles. The van der Waals surface area contributed by atoms with E-state index in [4.69, 9.17) is 21.7 Å². The number of thiocarbonyl (C=S) groups is 1. The van der Waals surface area contributed by atoms with Gasteiger partial charge >= 0.3 is 0 Å². The van der Waals surface area contributed by atoms with Gasteiger partial charge in [0.05, 0.1) is 30.6 Å². The van der Waals surface area contributed by atoms with Gasteiger partial charge in [0, 0.05) is 43.9 Å². The van der Waals surface area contributed by atoms with Gasteiger partial charge in [0.2, 0.25) is 5.91 Å². The van der Waals surface area contributed by atoms with E-state index in [1.807, 2.05) is 36.4 Å². The van der Waals surface area contributed by atoms with Gasteiger partial charge in [-0.05, 0) is 67.5 Å². The van der Waals surface area contributed by atoms with Crippen LogP contribution in [0.3, 0.4) is 0 Å². The van der Waals surface area contributed by atoms with Crippen LogP contribution >= 0.6 is 12.2 Å². The standard InChI is InChI=1S/C26H29N5O3S/c1-17(32)28-21-15-18(10-11-23(21)33-2)31-25(24(29-26(31)35)20-8-3-4-12-27-20)22-9-5-13-30(22)16-19-7-6-14-34-19/h3-5,8-13,15,19,24-25H,6-7,14,16H2,1-2H3,(H,28,32)(H,29,35). The van der Waals surface area contributed by atoms with Crippen molar-refractivity contribution in [3.8, 4) is 5.75 Å². The highest BCUT2D eigenvalue weighted by Crippen LogP contribution is 2.43. The Morgan fingerprint density at radius 2 is 2.17 bits per heavy atom. The Kier molecular flexibility index (Phi) is 6.70. The number of hydrogen-bond acceptors (Lipinski definition) is 5. The van der Waals surface area contributed by atoms with Crippen molar-refractivity contribution in [3.05, 3.63) is 72.3 Å². The Bertz CT molecular complexity index is 1210. The zero-order chi connectivity index (χ0) is 24.4. The lowest BCUT2D eigenvalue weighted by molar-refractivity contribution is -0.114. The van der Waals surface area contributed by atoms with Crippen molar-refractivity contribution in [2.75, 3.05) is 23.9 Å². The molecule has 2 N–H and O–H groups in total. The highest BCUT2D eigenvalue weighted by Gasteiger charge is 2.42. The zero-order valence-corrected chi connectivity index (χ0v) is 20.6. The number of rotatable bonds is 7. The number of benzene rings is 1. The molecule has 0 aliphatic carbocycles. The third-order valence-electron chi connectivity index (χ3n) is 6.46. The number of ether oxygens (including phenoxy) is 2. The number of nitrogens with one attached hydrogen (secondary N) is 2.